The van der Waals surface area contributed by atoms with E-state index in [1.54, 1.807) is 0 Å². The maximum atomic E-state index is 12.6. The van der Waals surface area contributed by atoms with Gasteiger partial charge in [0.2, 0.25) is 5.91 Å². The van der Waals surface area contributed by atoms with Crippen LogP contribution in [0.4, 0.5) is 0 Å². The summed E-state index contributed by atoms with van der Waals surface area (Å²) in [5.41, 5.74) is 0. The van der Waals surface area contributed by atoms with Gasteiger partial charge >= 0.3 is 0 Å². The van der Waals surface area contributed by atoms with Crippen LogP contribution < -0.4 is 5.32 Å². The third-order valence-corrected chi connectivity index (χ3v) is 8.69. The zero-order valence-electron chi connectivity index (χ0n) is 14.1. The molecule has 3 aliphatic rings. The monoisotopic (exact) mass is 342 g/mol. The van der Waals surface area contributed by atoms with Gasteiger partial charge < -0.3 is 10.2 Å². The minimum atomic E-state index is -3.05. The molecule has 2 saturated heterocycles. The molecule has 1 spiro atoms. The van der Waals surface area contributed by atoms with E-state index in [-0.39, 0.29) is 11.7 Å². The molecule has 23 heavy (non-hydrogen) atoms. The number of nitrogens with zero attached hydrogens (tertiary/aromatic N) is 1. The molecular formula is C17H30N2O3S. The number of carbonyl (C=O) groups is 1. The largest absolute Gasteiger partial charge is 0.340 e. The third-order valence-electron chi connectivity index (χ3n) is 6.11. The molecule has 0 bridgehead atoms. The Labute approximate surface area is 140 Å². The summed E-state index contributed by atoms with van der Waals surface area (Å²) in [7, 11) is -3.05. The van der Waals surface area contributed by atoms with E-state index in [2.05, 4.69) is 5.32 Å². The Morgan fingerprint density at radius 2 is 1.83 bits per heavy atom. The van der Waals surface area contributed by atoms with Gasteiger partial charge in [0.15, 0.2) is 9.84 Å². The van der Waals surface area contributed by atoms with E-state index in [0.717, 1.165) is 64.5 Å². The lowest BCUT2D eigenvalue weighted by Crippen LogP contribution is -2.58. The molecule has 0 aromatic rings. The Balaban J connectivity index is 1.58. The second-order valence-electron chi connectivity index (χ2n) is 7.61. The van der Waals surface area contributed by atoms with Gasteiger partial charge in [-0.2, -0.15) is 0 Å². The van der Waals surface area contributed by atoms with Gasteiger partial charge in [-0.1, -0.05) is 19.3 Å². The highest BCUT2D eigenvalue weighted by Gasteiger charge is 2.48. The van der Waals surface area contributed by atoms with E-state index in [4.69, 9.17) is 0 Å². The van der Waals surface area contributed by atoms with E-state index in [1.807, 2.05) is 4.90 Å². The molecule has 0 radical (unpaired) electrons. The normalized spacial score (nSPS) is 27.9. The fourth-order valence-corrected chi connectivity index (χ4v) is 6.66. The third kappa shape index (κ3) is 3.73. The maximum Gasteiger partial charge on any atom is 0.222 e. The summed E-state index contributed by atoms with van der Waals surface area (Å²) in [5.74, 6) is 0.979. The Kier molecular flexibility index (Phi) is 5.31. The van der Waals surface area contributed by atoms with Crippen LogP contribution in [0.1, 0.15) is 57.8 Å². The summed E-state index contributed by atoms with van der Waals surface area (Å²) < 4.78 is 24.5. The van der Waals surface area contributed by atoms with E-state index in [0.29, 0.717) is 25.4 Å². The average molecular weight is 343 g/mol. The lowest BCUT2D eigenvalue weighted by atomic mass is 9.87. The molecule has 1 amide bonds. The van der Waals surface area contributed by atoms with Crippen LogP contribution in [0.15, 0.2) is 0 Å². The fourth-order valence-electron chi connectivity index (χ4n) is 4.51. The summed E-state index contributed by atoms with van der Waals surface area (Å²) >= 11 is 0. The van der Waals surface area contributed by atoms with Crippen molar-refractivity contribution in [3.05, 3.63) is 0 Å². The first kappa shape index (κ1) is 17.2. The van der Waals surface area contributed by atoms with Crippen LogP contribution in [-0.4, -0.2) is 55.9 Å². The minimum Gasteiger partial charge on any atom is -0.340 e. The minimum absolute atomic E-state index is 0.159. The van der Waals surface area contributed by atoms with Gasteiger partial charge in [-0.25, -0.2) is 8.42 Å². The fraction of sp³-hybridized carbons (Fsp3) is 0.941. The maximum absolute atomic E-state index is 12.6. The molecule has 132 valence electrons. The number of piperidine rings is 1. The molecule has 2 aliphatic heterocycles. The smallest absolute Gasteiger partial charge is 0.222 e. The highest BCUT2D eigenvalue weighted by atomic mass is 32.2. The Hall–Kier alpha value is -0.620. The van der Waals surface area contributed by atoms with Crippen molar-refractivity contribution in [1.82, 2.24) is 10.2 Å². The number of hydrogen-bond donors (Lipinski definition) is 1. The second-order valence-corrected chi connectivity index (χ2v) is 10.1. The van der Waals surface area contributed by atoms with Gasteiger partial charge in [0.25, 0.3) is 0 Å². The zero-order chi connectivity index (χ0) is 16.3. The van der Waals surface area contributed by atoms with Crippen molar-refractivity contribution in [2.24, 2.45) is 5.92 Å². The Morgan fingerprint density at radius 3 is 2.52 bits per heavy atom. The first-order valence-corrected chi connectivity index (χ1v) is 10.9. The Morgan fingerprint density at radius 1 is 1.13 bits per heavy atom. The molecule has 0 aromatic carbocycles. The predicted octanol–water partition coefficient (Wildman–Crippen LogP) is 1.73. The quantitative estimate of drug-likeness (QED) is 0.848. The topological polar surface area (TPSA) is 66.5 Å². The molecule has 2 heterocycles. The van der Waals surface area contributed by atoms with Crippen molar-refractivity contribution in [2.45, 2.75) is 62.5 Å². The average Bonchev–Trinajstić information content (AvgIpc) is 2.57. The second kappa shape index (κ2) is 7.09. The first-order chi connectivity index (χ1) is 11.0. The van der Waals surface area contributed by atoms with Crippen LogP contribution >= 0.6 is 0 Å². The SMILES string of the molecule is O=C(CCC1CCNCC1)N1CCS(=O)(=O)C2(CCCCC2)C1. The molecule has 1 N–H and O–H groups in total. The van der Waals surface area contributed by atoms with Crippen molar-refractivity contribution in [1.29, 1.82) is 0 Å². The van der Waals surface area contributed by atoms with Crippen LogP contribution in [0.2, 0.25) is 0 Å². The van der Waals surface area contributed by atoms with Crippen molar-refractivity contribution in [3.63, 3.8) is 0 Å². The van der Waals surface area contributed by atoms with E-state index < -0.39 is 14.6 Å². The Bertz CT molecular complexity index is 520. The number of carbonyl (C=O) groups excluding carboxylic acids is 1. The summed E-state index contributed by atoms with van der Waals surface area (Å²) in [5, 5.41) is 3.35. The van der Waals surface area contributed by atoms with Gasteiger partial charge in [0.1, 0.15) is 0 Å². The number of sulfone groups is 1. The van der Waals surface area contributed by atoms with Gasteiger partial charge in [-0.05, 0) is 51.1 Å². The highest BCUT2D eigenvalue weighted by Crippen LogP contribution is 2.39. The van der Waals surface area contributed by atoms with Crippen molar-refractivity contribution >= 4 is 15.7 Å². The van der Waals surface area contributed by atoms with Crippen LogP contribution in [0.5, 0.6) is 0 Å². The molecule has 5 nitrogen and oxygen atoms in total. The number of nitrogens with one attached hydrogen (secondary N) is 1. The molecule has 1 aliphatic carbocycles. The standard InChI is InChI=1S/C17H30N2O3S/c20-16(5-4-15-6-10-18-11-7-15)19-12-13-23(21,22)17(14-19)8-2-1-3-9-17/h15,18H,1-14H2. The first-order valence-electron chi connectivity index (χ1n) is 9.23. The molecular weight excluding hydrogens is 312 g/mol. The zero-order valence-corrected chi connectivity index (χ0v) is 14.9. The van der Waals surface area contributed by atoms with Crippen LogP contribution in [0, 0.1) is 5.92 Å². The van der Waals surface area contributed by atoms with Crippen LogP contribution in [0.3, 0.4) is 0 Å². The lowest BCUT2D eigenvalue weighted by molar-refractivity contribution is -0.132. The number of hydrogen-bond acceptors (Lipinski definition) is 4. The van der Waals surface area contributed by atoms with Crippen molar-refractivity contribution in [3.8, 4) is 0 Å². The van der Waals surface area contributed by atoms with E-state index in [1.165, 1.54) is 0 Å². The van der Waals surface area contributed by atoms with Crippen LogP contribution in [0.25, 0.3) is 0 Å². The van der Waals surface area contributed by atoms with Gasteiger partial charge in [-0.3, -0.25) is 4.79 Å². The molecule has 6 heteroatoms. The van der Waals surface area contributed by atoms with Crippen molar-refractivity contribution in [2.75, 3.05) is 31.9 Å². The van der Waals surface area contributed by atoms with Gasteiger partial charge in [0, 0.05) is 19.5 Å². The molecule has 3 fully saturated rings. The molecule has 1 saturated carbocycles. The molecule has 3 rings (SSSR count). The summed E-state index contributed by atoms with van der Waals surface area (Å²) in [6.45, 7) is 2.96. The predicted molar refractivity (Wildman–Crippen MR) is 91.0 cm³/mol. The van der Waals surface area contributed by atoms with Gasteiger partial charge in [0.05, 0.1) is 10.5 Å². The molecule has 0 atom stereocenters. The van der Waals surface area contributed by atoms with Gasteiger partial charge in [-0.15, -0.1) is 0 Å². The van der Waals surface area contributed by atoms with Crippen LogP contribution in [-0.2, 0) is 14.6 Å². The van der Waals surface area contributed by atoms with E-state index >= 15 is 0 Å². The lowest BCUT2D eigenvalue weighted by Gasteiger charge is -2.44. The summed E-state index contributed by atoms with van der Waals surface area (Å²) in [6.07, 6.45) is 8.43. The van der Waals surface area contributed by atoms with Crippen molar-refractivity contribution < 1.29 is 13.2 Å². The summed E-state index contributed by atoms with van der Waals surface area (Å²) in [4.78, 5) is 14.4. The molecule has 0 unspecified atom stereocenters. The van der Waals surface area contributed by atoms with E-state index in [9.17, 15) is 13.2 Å². The highest BCUT2D eigenvalue weighted by molar-refractivity contribution is 7.92. The number of rotatable bonds is 3. The summed E-state index contributed by atoms with van der Waals surface area (Å²) in [6, 6.07) is 0. The molecule has 0 aromatic heterocycles. The number of amides is 1.